The number of fused-ring (bicyclic) bond motifs is 1. The number of nitrogens with zero attached hydrogens (tertiary/aromatic N) is 3. The lowest BCUT2D eigenvalue weighted by molar-refractivity contribution is -0.120. The van der Waals surface area contributed by atoms with Crippen molar-refractivity contribution in [1.29, 1.82) is 0 Å². The van der Waals surface area contributed by atoms with Gasteiger partial charge >= 0.3 is 0 Å². The fraction of sp³-hybridized carbons (Fsp3) is 0.250. The lowest BCUT2D eigenvalue weighted by Crippen LogP contribution is -2.52. The van der Waals surface area contributed by atoms with Crippen LogP contribution in [-0.4, -0.2) is 34.9 Å². The Morgan fingerprint density at radius 1 is 1.28 bits per heavy atom. The van der Waals surface area contributed by atoms with Crippen LogP contribution in [0.4, 0.5) is 10.3 Å². The largest absolute Gasteiger partial charge is 0.369 e. The van der Waals surface area contributed by atoms with E-state index in [2.05, 4.69) is 20.2 Å². The smallest absolute Gasteiger partial charge is 0.232 e. The van der Waals surface area contributed by atoms with Gasteiger partial charge in [-0.2, -0.15) is 0 Å². The number of nitrogens with one attached hydrogen (secondary N) is 1. The third-order valence-corrected chi connectivity index (χ3v) is 5.85. The first-order valence-corrected chi connectivity index (χ1v) is 9.42. The number of nitrogens with two attached hydrogens (primary N) is 1. The highest BCUT2D eigenvalue weighted by atomic mass is 32.1. The number of para-hydroxylation sites is 1. The van der Waals surface area contributed by atoms with Crippen LogP contribution < -0.4 is 16.0 Å². The Morgan fingerprint density at radius 2 is 2.08 bits per heavy atom. The predicted molar refractivity (Wildman–Crippen MR) is 99.0 cm³/mol. The van der Waals surface area contributed by atoms with Crippen molar-refractivity contribution in [1.82, 2.24) is 9.97 Å². The van der Waals surface area contributed by atoms with E-state index in [0.717, 1.165) is 15.3 Å². The Hall–Kier alpha value is -2.52. The number of amides is 2. The molecular formula is C16H15N5O2S2. The molecule has 2 amide bonds. The summed E-state index contributed by atoms with van der Waals surface area (Å²) < 4.78 is 1.15. The Bertz CT molecular complexity index is 912. The second-order valence-corrected chi connectivity index (χ2v) is 7.71. The van der Waals surface area contributed by atoms with Gasteiger partial charge in [-0.15, -0.1) is 11.3 Å². The molecule has 7 nitrogen and oxygen atoms in total. The average Bonchev–Trinajstić information content (AvgIpc) is 3.11. The third-order valence-electron chi connectivity index (χ3n) is 3.94. The molecule has 0 radical (unpaired) electrons. The molecule has 0 unspecified atom stereocenters. The van der Waals surface area contributed by atoms with Gasteiger partial charge in [0.05, 0.1) is 28.2 Å². The number of hydrogen-bond acceptors (Lipinski definition) is 7. The van der Waals surface area contributed by atoms with Gasteiger partial charge in [0.25, 0.3) is 0 Å². The van der Waals surface area contributed by atoms with Crippen molar-refractivity contribution < 1.29 is 9.59 Å². The van der Waals surface area contributed by atoms with Crippen LogP contribution in [0.1, 0.15) is 5.69 Å². The van der Waals surface area contributed by atoms with Gasteiger partial charge in [-0.3, -0.25) is 9.59 Å². The van der Waals surface area contributed by atoms with Crippen molar-refractivity contribution in [2.45, 2.75) is 6.42 Å². The molecule has 0 atom stereocenters. The molecule has 0 spiro atoms. The first-order chi connectivity index (χ1) is 12.1. The van der Waals surface area contributed by atoms with Crippen LogP contribution in [0.25, 0.3) is 10.2 Å². The fourth-order valence-electron chi connectivity index (χ4n) is 2.63. The number of anilines is 2. The van der Waals surface area contributed by atoms with Crippen molar-refractivity contribution >= 4 is 55.0 Å². The van der Waals surface area contributed by atoms with Gasteiger partial charge in [-0.25, -0.2) is 9.97 Å². The normalized spacial score (nSPS) is 14.5. The minimum Gasteiger partial charge on any atom is -0.369 e. The maximum Gasteiger partial charge on any atom is 0.232 e. The first-order valence-electron chi connectivity index (χ1n) is 7.72. The summed E-state index contributed by atoms with van der Waals surface area (Å²) in [6, 6.07) is 8.01. The molecule has 1 aromatic carbocycles. The molecule has 25 heavy (non-hydrogen) atoms. The molecule has 0 aliphatic carbocycles. The van der Waals surface area contributed by atoms with Crippen LogP contribution in [0.15, 0.2) is 29.6 Å². The average molecular weight is 373 g/mol. The van der Waals surface area contributed by atoms with Crippen LogP contribution in [0.2, 0.25) is 0 Å². The molecule has 1 aliphatic heterocycles. The van der Waals surface area contributed by atoms with Gasteiger partial charge in [0.1, 0.15) is 0 Å². The molecule has 9 heteroatoms. The SMILES string of the molecule is NC(=O)Cc1csc(NC(=O)C2CN(c3nc4ccccc4s3)C2)n1. The molecular weight excluding hydrogens is 358 g/mol. The van der Waals surface area contributed by atoms with E-state index in [1.807, 2.05) is 24.3 Å². The molecule has 0 bridgehead atoms. The highest BCUT2D eigenvalue weighted by Crippen LogP contribution is 2.33. The van der Waals surface area contributed by atoms with Crippen LogP contribution in [0.3, 0.4) is 0 Å². The van der Waals surface area contributed by atoms with Gasteiger partial charge in [0.2, 0.25) is 11.8 Å². The van der Waals surface area contributed by atoms with Gasteiger partial charge in [0.15, 0.2) is 10.3 Å². The first kappa shape index (κ1) is 16.0. The van der Waals surface area contributed by atoms with E-state index in [1.54, 1.807) is 16.7 Å². The summed E-state index contributed by atoms with van der Waals surface area (Å²) in [7, 11) is 0. The molecule has 128 valence electrons. The maximum atomic E-state index is 12.3. The monoisotopic (exact) mass is 373 g/mol. The number of thiazole rings is 2. The molecule has 1 saturated heterocycles. The number of benzene rings is 1. The van der Waals surface area contributed by atoms with Crippen molar-refractivity contribution in [3.8, 4) is 0 Å². The second-order valence-electron chi connectivity index (χ2n) is 5.84. The van der Waals surface area contributed by atoms with E-state index in [-0.39, 0.29) is 18.2 Å². The Morgan fingerprint density at radius 3 is 2.84 bits per heavy atom. The maximum absolute atomic E-state index is 12.3. The van der Waals surface area contributed by atoms with Crippen molar-refractivity contribution in [2.75, 3.05) is 23.3 Å². The number of aromatic nitrogens is 2. The highest BCUT2D eigenvalue weighted by molar-refractivity contribution is 7.22. The Kier molecular flexibility index (Phi) is 4.10. The van der Waals surface area contributed by atoms with Crippen LogP contribution in [0, 0.1) is 5.92 Å². The molecule has 3 heterocycles. The molecule has 1 fully saturated rings. The summed E-state index contributed by atoms with van der Waals surface area (Å²) >= 11 is 2.93. The summed E-state index contributed by atoms with van der Waals surface area (Å²) in [4.78, 5) is 34.1. The summed E-state index contributed by atoms with van der Waals surface area (Å²) in [5.74, 6) is -0.582. The predicted octanol–water partition coefficient (Wildman–Crippen LogP) is 1.86. The second kappa shape index (κ2) is 6.41. The van der Waals surface area contributed by atoms with Crippen molar-refractivity contribution in [3.05, 3.63) is 35.3 Å². The zero-order valence-electron chi connectivity index (χ0n) is 13.1. The molecule has 1 aliphatic rings. The van der Waals surface area contributed by atoms with Crippen molar-refractivity contribution in [3.63, 3.8) is 0 Å². The number of carbonyl (C=O) groups is 2. The third kappa shape index (κ3) is 3.33. The lowest BCUT2D eigenvalue weighted by atomic mass is 10.0. The summed E-state index contributed by atoms with van der Waals surface area (Å²) in [6.07, 6.45) is 0.0845. The minimum absolute atomic E-state index is 0.0580. The minimum atomic E-state index is -0.436. The molecule has 4 rings (SSSR count). The number of primary amides is 1. The topological polar surface area (TPSA) is 101 Å². The van der Waals surface area contributed by atoms with Crippen LogP contribution >= 0.6 is 22.7 Å². The summed E-state index contributed by atoms with van der Waals surface area (Å²) in [5, 5.41) is 5.99. The van der Waals surface area contributed by atoms with Gasteiger partial charge < -0.3 is 16.0 Å². The van der Waals surface area contributed by atoms with Crippen LogP contribution in [0.5, 0.6) is 0 Å². The van der Waals surface area contributed by atoms with E-state index < -0.39 is 5.91 Å². The van der Waals surface area contributed by atoms with Crippen LogP contribution in [-0.2, 0) is 16.0 Å². The molecule has 3 aromatic rings. The molecule has 2 aromatic heterocycles. The zero-order valence-corrected chi connectivity index (χ0v) is 14.8. The summed E-state index contributed by atoms with van der Waals surface area (Å²) in [5.41, 5.74) is 6.71. The highest BCUT2D eigenvalue weighted by Gasteiger charge is 2.34. The Balaban J connectivity index is 1.34. The Labute approximate surface area is 151 Å². The van der Waals surface area contributed by atoms with Gasteiger partial charge in [0, 0.05) is 18.5 Å². The fourth-order valence-corrected chi connectivity index (χ4v) is 4.32. The molecule has 0 saturated carbocycles. The lowest BCUT2D eigenvalue weighted by Gasteiger charge is -2.37. The quantitative estimate of drug-likeness (QED) is 0.711. The summed E-state index contributed by atoms with van der Waals surface area (Å²) in [6.45, 7) is 1.29. The standard InChI is InChI=1S/C16H15N5O2S2/c17-13(22)5-10-8-24-15(18-10)20-14(23)9-6-21(7-9)16-19-11-3-1-2-4-12(11)25-16/h1-4,8-9H,5-7H2,(H2,17,22)(H,18,20,23). The van der Waals surface area contributed by atoms with E-state index in [0.29, 0.717) is 23.9 Å². The molecule has 3 N–H and O–H groups in total. The van der Waals surface area contributed by atoms with E-state index in [4.69, 9.17) is 5.73 Å². The zero-order chi connectivity index (χ0) is 17.4. The van der Waals surface area contributed by atoms with E-state index in [9.17, 15) is 9.59 Å². The van der Waals surface area contributed by atoms with Crippen molar-refractivity contribution in [2.24, 2.45) is 11.7 Å². The van der Waals surface area contributed by atoms with E-state index >= 15 is 0 Å². The van der Waals surface area contributed by atoms with Gasteiger partial charge in [-0.05, 0) is 12.1 Å². The number of hydrogen-bond donors (Lipinski definition) is 2. The van der Waals surface area contributed by atoms with Gasteiger partial charge in [-0.1, -0.05) is 23.5 Å². The number of carbonyl (C=O) groups excluding carboxylic acids is 2. The number of rotatable bonds is 5. The van der Waals surface area contributed by atoms with E-state index in [1.165, 1.54) is 11.3 Å².